The largest absolute Gasteiger partial charge is 0.478 e. The van der Waals surface area contributed by atoms with Crippen molar-refractivity contribution < 1.29 is 19.5 Å². The summed E-state index contributed by atoms with van der Waals surface area (Å²) in [5.74, 6) is -2.55. The van der Waals surface area contributed by atoms with Crippen LogP contribution in [0.2, 0.25) is 5.15 Å². The zero-order chi connectivity index (χ0) is 25.0. The van der Waals surface area contributed by atoms with Gasteiger partial charge in [-0.2, -0.15) is 0 Å². The third-order valence-corrected chi connectivity index (χ3v) is 6.03. The third-order valence-electron chi connectivity index (χ3n) is 5.81. The molecule has 1 heterocycles. The summed E-state index contributed by atoms with van der Waals surface area (Å²) in [6.45, 7) is 6.45. The summed E-state index contributed by atoms with van der Waals surface area (Å²) in [7, 11) is 0. The molecule has 34 heavy (non-hydrogen) atoms. The molecular formula is C26H26ClN3O4. The minimum atomic E-state index is -1.31. The van der Waals surface area contributed by atoms with Crippen LogP contribution in [0.5, 0.6) is 0 Å². The Balaban J connectivity index is 0.000000396. The Morgan fingerprint density at radius 3 is 2.29 bits per heavy atom. The number of carbonyl (C=O) groups is 3. The van der Waals surface area contributed by atoms with E-state index in [4.69, 9.17) is 17.3 Å². The van der Waals surface area contributed by atoms with Gasteiger partial charge in [0.05, 0.1) is 16.7 Å². The molecule has 1 unspecified atom stereocenters. The Bertz CT molecular complexity index is 1240. The molecule has 1 aliphatic carbocycles. The van der Waals surface area contributed by atoms with Crippen molar-refractivity contribution in [3.63, 3.8) is 0 Å². The van der Waals surface area contributed by atoms with Gasteiger partial charge in [0.25, 0.3) is 5.91 Å². The fraction of sp³-hybridized carbons (Fsp3) is 0.231. The number of aromatic carboxylic acids is 1. The highest BCUT2D eigenvalue weighted by molar-refractivity contribution is 6.29. The molecule has 3 aromatic rings. The van der Waals surface area contributed by atoms with Crippen LogP contribution in [0.1, 0.15) is 75.3 Å². The first-order valence-corrected chi connectivity index (χ1v) is 11.1. The third kappa shape index (κ3) is 5.26. The number of carboxylic acids is 1. The van der Waals surface area contributed by atoms with Crippen LogP contribution in [0, 0.1) is 0 Å². The Hall–Kier alpha value is -3.71. The zero-order valence-electron chi connectivity index (χ0n) is 19.1. The van der Waals surface area contributed by atoms with Crippen molar-refractivity contribution in [2.75, 3.05) is 5.32 Å². The van der Waals surface area contributed by atoms with Crippen molar-refractivity contribution in [3.05, 3.63) is 93.8 Å². The maximum atomic E-state index is 12.9. The number of anilines is 1. The SMILES string of the molecule is CC1CC(C)(C)c2cccc(NC(=O)c3cccc(C(=O)O)c3C(N)=O)c21.Clc1ccccn1. The molecular weight excluding hydrogens is 454 g/mol. The average Bonchev–Trinajstić information content (AvgIpc) is 3.03. The van der Waals surface area contributed by atoms with Gasteiger partial charge in [-0.15, -0.1) is 0 Å². The summed E-state index contributed by atoms with van der Waals surface area (Å²) in [5, 5.41) is 12.7. The van der Waals surface area contributed by atoms with Gasteiger partial charge in [0.1, 0.15) is 5.15 Å². The van der Waals surface area contributed by atoms with Gasteiger partial charge in [-0.1, -0.05) is 56.6 Å². The van der Waals surface area contributed by atoms with Crippen LogP contribution in [0.25, 0.3) is 0 Å². The van der Waals surface area contributed by atoms with Crippen molar-refractivity contribution in [2.24, 2.45) is 5.73 Å². The topological polar surface area (TPSA) is 122 Å². The lowest BCUT2D eigenvalue weighted by molar-refractivity contribution is 0.0692. The van der Waals surface area contributed by atoms with Gasteiger partial charge in [0.15, 0.2) is 0 Å². The number of hydrogen-bond donors (Lipinski definition) is 3. The second-order valence-electron chi connectivity index (χ2n) is 8.76. The molecule has 0 saturated heterocycles. The lowest BCUT2D eigenvalue weighted by Gasteiger charge is -2.19. The lowest BCUT2D eigenvalue weighted by atomic mass is 9.86. The minimum absolute atomic E-state index is 0.0110. The summed E-state index contributed by atoms with van der Waals surface area (Å²) < 4.78 is 0. The second kappa shape index (κ2) is 10.1. The summed E-state index contributed by atoms with van der Waals surface area (Å²) in [5.41, 5.74) is 7.66. The Labute approximate surface area is 203 Å². The number of nitrogens with two attached hydrogens (primary N) is 1. The van der Waals surface area contributed by atoms with Crippen LogP contribution >= 0.6 is 11.6 Å². The molecule has 2 amide bonds. The van der Waals surface area contributed by atoms with E-state index >= 15 is 0 Å². The number of benzene rings is 2. The number of amides is 2. The maximum Gasteiger partial charge on any atom is 0.336 e. The van der Waals surface area contributed by atoms with E-state index in [1.165, 1.54) is 23.8 Å². The van der Waals surface area contributed by atoms with Crippen molar-refractivity contribution in [3.8, 4) is 0 Å². The second-order valence-corrected chi connectivity index (χ2v) is 9.15. The molecule has 1 atom stereocenters. The van der Waals surface area contributed by atoms with E-state index in [-0.39, 0.29) is 28.0 Å². The predicted molar refractivity (Wildman–Crippen MR) is 132 cm³/mol. The highest BCUT2D eigenvalue weighted by Crippen LogP contribution is 2.48. The van der Waals surface area contributed by atoms with Crippen molar-refractivity contribution in [2.45, 2.75) is 38.5 Å². The first kappa shape index (κ1) is 24.9. The molecule has 7 nitrogen and oxygen atoms in total. The van der Waals surface area contributed by atoms with E-state index in [0.717, 1.165) is 12.0 Å². The predicted octanol–water partition coefficient (Wildman–Crippen LogP) is 5.26. The molecule has 1 aromatic heterocycles. The molecule has 176 valence electrons. The van der Waals surface area contributed by atoms with E-state index in [1.54, 1.807) is 12.3 Å². The van der Waals surface area contributed by atoms with Gasteiger partial charge in [0.2, 0.25) is 5.91 Å². The maximum absolute atomic E-state index is 12.9. The molecule has 4 rings (SSSR count). The summed E-state index contributed by atoms with van der Waals surface area (Å²) in [6, 6.07) is 15.3. The first-order chi connectivity index (χ1) is 16.0. The standard InChI is InChI=1S/C21H22N2O4.C5H4ClN/c1-11-10-21(2,3)14-8-5-9-15(16(11)14)23-19(25)12-6-4-7-13(20(26)27)17(12)18(22)24;6-5-3-1-2-4-7-5/h4-9,11H,10H2,1-3H3,(H2,22,24)(H,23,25)(H,26,27);1-4H. The molecule has 0 radical (unpaired) electrons. The molecule has 1 aliphatic rings. The van der Waals surface area contributed by atoms with Crippen molar-refractivity contribution in [1.29, 1.82) is 0 Å². The fourth-order valence-electron chi connectivity index (χ4n) is 4.49. The first-order valence-electron chi connectivity index (χ1n) is 10.7. The smallest absolute Gasteiger partial charge is 0.336 e. The number of rotatable bonds is 4. The molecule has 2 aromatic carbocycles. The van der Waals surface area contributed by atoms with E-state index in [9.17, 15) is 19.5 Å². The van der Waals surface area contributed by atoms with Gasteiger partial charge >= 0.3 is 5.97 Å². The van der Waals surface area contributed by atoms with E-state index in [0.29, 0.717) is 10.8 Å². The monoisotopic (exact) mass is 479 g/mol. The number of carbonyl (C=O) groups excluding carboxylic acids is 2. The van der Waals surface area contributed by atoms with Crippen LogP contribution in [0.3, 0.4) is 0 Å². The van der Waals surface area contributed by atoms with Crippen molar-refractivity contribution >= 4 is 35.1 Å². The normalized spacial score (nSPS) is 15.5. The summed E-state index contributed by atoms with van der Waals surface area (Å²) >= 11 is 5.43. The number of pyridine rings is 1. The Morgan fingerprint density at radius 2 is 1.74 bits per heavy atom. The summed E-state index contributed by atoms with van der Waals surface area (Å²) in [6.07, 6.45) is 2.62. The van der Waals surface area contributed by atoms with Crippen molar-refractivity contribution in [1.82, 2.24) is 4.98 Å². The Kier molecular flexibility index (Phi) is 7.37. The number of fused-ring (bicyclic) bond motifs is 1. The number of primary amides is 1. The van der Waals surface area contributed by atoms with Gasteiger partial charge in [-0.25, -0.2) is 9.78 Å². The highest BCUT2D eigenvalue weighted by atomic mass is 35.5. The van der Waals surface area contributed by atoms with Crippen LogP contribution in [-0.4, -0.2) is 27.9 Å². The highest BCUT2D eigenvalue weighted by Gasteiger charge is 2.36. The molecule has 8 heteroatoms. The number of hydrogen-bond acceptors (Lipinski definition) is 4. The van der Waals surface area contributed by atoms with E-state index < -0.39 is 17.8 Å². The number of carboxylic acid groups (broad SMARTS) is 1. The molecule has 4 N–H and O–H groups in total. The van der Waals surface area contributed by atoms with Gasteiger partial charge in [0, 0.05) is 11.9 Å². The van der Waals surface area contributed by atoms with Crippen LogP contribution in [0.4, 0.5) is 5.69 Å². The van der Waals surface area contributed by atoms with Gasteiger partial charge < -0.3 is 16.2 Å². The molecule has 0 spiro atoms. The zero-order valence-corrected chi connectivity index (χ0v) is 19.9. The molecule has 0 saturated carbocycles. The Morgan fingerprint density at radius 1 is 1.06 bits per heavy atom. The average molecular weight is 480 g/mol. The lowest BCUT2D eigenvalue weighted by Crippen LogP contribution is -2.24. The quantitative estimate of drug-likeness (QED) is 0.441. The summed E-state index contributed by atoms with van der Waals surface area (Å²) in [4.78, 5) is 39.8. The van der Waals surface area contributed by atoms with Crippen LogP contribution in [0.15, 0.2) is 60.8 Å². The fourth-order valence-corrected chi connectivity index (χ4v) is 4.62. The molecule has 0 bridgehead atoms. The number of nitrogens with zero attached hydrogens (tertiary/aromatic N) is 1. The number of halogens is 1. The van der Waals surface area contributed by atoms with Gasteiger partial charge in [-0.05, 0) is 59.2 Å². The minimum Gasteiger partial charge on any atom is -0.478 e. The molecule has 0 aliphatic heterocycles. The van der Waals surface area contributed by atoms with Crippen LogP contribution < -0.4 is 11.1 Å². The van der Waals surface area contributed by atoms with E-state index in [1.807, 2.05) is 24.3 Å². The number of nitrogens with one attached hydrogen (secondary N) is 1. The van der Waals surface area contributed by atoms with E-state index in [2.05, 4.69) is 37.1 Å². The molecule has 0 fully saturated rings. The van der Waals surface area contributed by atoms with Gasteiger partial charge in [-0.3, -0.25) is 9.59 Å². The van der Waals surface area contributed by atoms with Crippen LogP contribution in [-0.2, 0) is 5.41 Å². The number of aromatic nitrogens is 1.